The number of nitrogens with one attached hydrogen (secondary N) is 1. The van der Waals surface area contributed by atoms with Crippen LogP contribution in [0.2, 0.25) is 0 Å². The Morgan fingerprint density at radius 3 is 2.80 bits per heavy atom. The summed E-state index contributed by atoms with van der Waals surface area (Å²) in [6, 6.07) is 0. The van der Waals surface area contributed by atoms with E-state index in [1.54, 1.807) is 7.11 Å². The molecule has 0 radical (unpaired) electrons. The van der Waals surface area contributed by atoms with Crippen LogP contribution >= 0.6 is 11.6 Å². The molecule has 0 saturated carbocycles. The van der Waals surface area contributed by atoms with Gasteiger partial charge in [0.25, 0.3) is 0 Å². The summed E-state index contributed by atoms with van der Waals surface area (Å²) >= 11 is 5.51. The summed E-state index contributed by atoms with van der Waals surface area (Å²) in [7, 11) is 1.68. The zero-order valence-corrected chi connectivity index (χ0v) is 7.24. The lowest BCUT2D eigenvalue weighted by Gasteiger charge is -2.09. The number of rotatable bonds is 5. The molecule has 3 heteroatoms. The Balaban J connectivity index is 3.11. The van der Waals surface area contributed by atoms with Crippen LogP contribution in [-0.2, 0) is 4.74 Å². The lowest BCUT2D eigenvalue weighted by Crippen LogP contribution is -2.26. The van der Waals surface area contributed by atoms with E-state index in [0.717, 1.165) is 6.54 Å². The van der Waals surface area contributed by atoms with Crippen LogP contribution in [0.1, 0.15) is 6.92 Å². The largest absolute Gasteiger partial charge is 0.380 e. The molecule has 0 heterocycles. The number of ether oxygens (including phenoxy) is 1. The highest BCUT2D eigenvalue weighted by atomic mass is 35.5. The molecule has 0 aliphatic rings. The Bertz CT molecular complexity index is 106. The molecule has 2 nitrogen and oxygen atoms in total. The fraction of sp³-hybridized carbons (Fsp3) is 0.714. The fourth-order valence-electron chi connectivity index (χ4n) is 0.494. The Kier molecular flexibility index (Phi) is 5.69. The highest BCUT2D eigenvalue weighted by Gasteiger charge is 1.96. The van der Waals surface area contributed by atoms with Crippen LogP contribution in [0, 0.1) is 0 Å². The fourth-order valence-corrected chi connectivity index (χ4v) is 0.589. The average molecular weight is 164 g/mol. The molecule has 1 atom stereocenters. The van der Waals surface area contributed by atoms with Crippen LogP contribution in [0.25, 0.3) is 0 Å². The monoisotopic (exact) mass is 163 g/mol. The number of methoxy groups -OCH3 is 1. The van der Waals surface area contributed by atoms with Crippen molar-refractivity contribution in [3.8, 4) is 0 Å². The first kappa shape index (κ1) is 9.95. The van der Waals surface area contributed by atoms with Crippen molar-refractivity contribution in [3.63, 3.8) is 0 Å². The van der Waals surface area contributed by atoms with E-state index in [1.165, 1.54) is 0 Å². The molecule has 10 heavy (non-hydrogen) atoms. The van der Waals surface area contributed by atoms with Gasteiger partial charge >= 0.3 is 0 Å². The van der Waals surface area contributed by atoms with Gasteiger partial charge in [-0.2, -0.15) is 0 Å². The molecule has 0 bridgehead atoms. The van der Waals surface area contributed by atoms with E-state index in [4.69, 9.17) is 16.3 Å². The smallest absolute Gasteiger partial charge is 0.0667 e. The Hall–Kier alpha value is -0.0500. The Morgan fingerprint density at radius 2 is 2.40 bits per heavy atom. The first-order chi connectivity index (χ1) is 4.66. The molecule has 0 rings (SSSR count). The van der Waals surface area contributed by atoms with Gasteiger partial charge in [-0.25, -0.2) is 0 Å². The molecular formula is C7H14ClNO. The van der Waals surface area contributed by atoms with Crippen molar-refractivity contribution < 1.29 is 4.74 Å². The number of halogens is 1. The van der Waals surface area contributed by atoms with Gasteiger partial charge in [0.05, 0.1) is 6.10 Å². The summed E-state index contributed by atoms with van der Waals surface area (Å²) in [5.74, 6) is 0. The molecule has 60 valence electrons. The highest BCUT2D eigenvalue weighted by molar-refractivity contribution is 6.29. The van der Waals surface area contributed by atoms with Crippen molar-refractivity contribution in [1.82, 2.24) is 5.32 Å². The van der Waals surface area contributed by atoms with E-state index in [0.29, 0.717) is 11.6 Å². The normalized spacial score (nSPS) is 13.1. The summed E-state index contributed by atoms with van der Waals surface area (Å²) in [6.45, 7) is 6.99. The van der Waals surface area contributed by atoms with Gasteiger partial charge in [-0.05, 0) is 6.92 Å². The Labute approximate surface area is 67.2 Å². The molecule has 0 aliphatic heterocycles. The number of hydrogen-bond acceptors (Lipinski definition) is 2. The maximum Gasteiger partial charge on any atom is 0.0667 e. The van der Waals surface area contributed by atoms with Crippen LogP contribution < -0.4 is 5.32 Å². The molecule has 0 spiro atoms. The predicted octanol–water partition coefficient (Wildman–Crippen LogP) is 1.36. The minimum Gasteiger partial charge on any atom is -0.380 e. The molecule has 0 aliphatic carbocycles. The van der Waals surface area contributed by atoms with E-state index in [9.17, 15) is 0 Å². The SMILES string of the molecule is C=C(Cl)CNCC(C)OC. The minimum absolute atomic E-state index is 0.232. The van der Waals surface area contributed by atoms with Gasteiger partial charge < -0.3 is 10.1 Å². The molecule has 0 aromatic rings. The molecule has 1 N–H and O–H groups in total. The van der Waals surface area contributed by atoms with Gasteiger partial charge in [0.2, 0.25) is 0 Å². The maximum atomic E-state index is 5.51. The molecule has 0 saturated heterocycles. The second-order valence-electron chi connectivity index (χ2n) is 2.19. The summed E-state index contributed by atoms with van der Waals surface area (Å²) in [5.41, 5.74) is 0. The zero-order valence-electron chi connectivity index (χ0n) is 6.48. The van der Waals surface area contributed by atoms with Crippen LogP contribution in [-0.4, -0.2) is 26.3 Å². The van der Waals surface area contributed by atoms with Crippen molar-refractivity contribution >= 4 is 11.6 Å². The van der Waals surface area contributed by atoms with Crippen molar-refractivity contribution in [3.05, 3.63) is 11.6 Å². The third-order valence-corrected chi connectivity index (χ3v) is 1.28. The van der Waals surface area contributed by atoms with E-state index in [-0.39, 0.29) is 6.10 Å². The van der Waals surface area contributed by atoms with Crippen LogP contribution in [0.15, 0.2) is 11.6 Å². The van der Waals surface area contributed by atoms with Gasteiger partial charge in [-0.3, -0.25) is 0 Å². The van der Waals surface area contributed by atoms with Gasteiger partial charge in [0, 0.05) is 25.2 Å². The van der Waals surface area contributed by atoms with Crippen LogP contribution in [0.4, 0.5) is 0 Å². The van der Waals surface area contributed by atoms with Crippen LogP contribution in [0.5, 0.6) is 0 Å². The summed E-state index contributed by atoms with van der Waals surface area (Å²) in [5, 5.41) is 3.71. The quantitative estimate of drug-likeness (QED) is 0.661. The molecular weight excluding hydrogens is 150 g/mol. The standard InChI is InChI=1S/C7H14ClNO/c1-6(8)4-9-5-7(2)10-3/h7,9H,1,4-5H2,2-3H3. The average Bonchev–Trinajstić information content (AvgIpc) is 1.87. The van der Waals surface area contributed by atoms with Crippen molar-refractivity contribution in [2.24, 2.45) is 0 Å². The molecule has 1 unspecified atom stereocenters. The molecule has 0 amide bonds. The van der Waals surface area contributed by atoms with Crippen molar-refractivity contribution in [2.75, 3.05) is 20.2 Å². The lowest BCUT2D eigenvalue weighted by molar-refractivity contribution is 0.118. The van der Waals surface area contributed by atoms with E-state index in [1.807, 2.05) is 6.92 Å². The van der Waals surface area contributed by atoms with Gasteiger partial charge in [0.15, 0.2) is 0 Å². The molecule has 0 aromatic heterocycles. The summed E-state index contributed by atoms with van der Waals surface area (Å²) in [4.78, 5) is 0. The summed E-state index contributed by atoms with van der Waals surface area (Å²) < 4.78 is 5.00. The lowest BCUT2D eigenvalue weighted by atomic mass is 10.4. The van der Waals surface area contributed by atoms with Gasteiger partial charge in [-0.15, -0.1) is 0 Å². The van der Waals surface area contributed by atoms with Crippen LogP contribution in [0.3, 0.4) is 0 Å². The van der Waals surface area contributed by atoms with E-state index < -0.39 is 0 Å². The first-order valence-electron chi connectivity index (χ1n) is 3.23. The first-order valence-corrected chi connectivity index (χ1v) is 3.61. The number of hydrogen-bond donors (Lipinski definition) is 1. The molecule has 0 aromatic carbocycles. The van der Waals surface area contributed by atoms with E-state index >= 15 is 0 Å². The van der Waals surface area contributed by atoms with Gasteiger partial charge in [0.1, 0.15) is 0 Å². The van der Waals surface area contributed by atoms with E-state index in [2.05, 4.69) is 11.9 Å². The minimum atomic E-state index is 0.232. The second-order valence-corrected chi connectivity index (χ2v) is 2.73. The predicted molar refractivity (Wildman–Crippen MR) is 44.3 cm³/mol. The third kappa shape index (κ3) is 6.08. The van der Waals surface area contributed by atoms with Crippen molar-refractivity contribution in [1.29, 1.82) is 0 Å². The van der Waals surface area contributed by atoms with Crippen molar-refractivity contribution in [2.45, 2.75) is 13.0 Å². The van der Waals surface area contributed by atoms with Gasteiger partial charge in [-0.1, -0.05) is 18.2 Å². The highest BCUT2D eigenvalue weighted by Crippen LogP contribution is 1.92. The third-order valence-electron chi connectivity index (χ3n) is 1.15. The molecule has 0 fully saturated rings. The Morgan fingerprint density at radius 1 is 1.80 bits per heavy atom. The summed E-state index contributed by atoms with van der Waals surface area (Å²) in [6.07, 6.45) is 0.232. The topological polar surface area (TPSA) is 21.3 Å². The zero-order chi connectivity index (χ0) is 7.98. The maximum absolute atomic E-state index is 5.51. The second kappa shape index (κ2) is 5.71.